The van der Waals surface area contributed by atoms with Gasteiger partial charge in [0.2, 0.25) is 0 Å². The lowest BCUT2D eigenvalue weighted by Crippen LogP contribution is -2.17. The summed E-state index contributed by atoms with van der Waals surface area (Å²) in [5, 5.41) is 0. The van der Waals surface area contributed by atoms with Crippen molar-refractivity contribution in [1.29, 1.82) is 0 Å². The Kier molecular flexibility index (Phi) is 1.92. The molecular weight excluding hydrogens is 180 g/mol. The van der Waals surface area contributed by atoms with Gasteiger partial charge in [-0.2, -0.15) is 0 Å². The van der Waals surface area contributed by atoms with Gasteiger partial charge in [0.15, 0.2) is 0 Å². The van der Waals surface area contributed by atoms with Crippen LogP contribution in [0.25, 0.3) is 5.82 Å². The normalized spacial score (nSPS) is 10.4. The summed E-state index contributed by atoms with van der Waals surface area (Å²) in [6, 6.07) is 1.48. The smallest absolute Gasteiger partial charge is 0.255 e. The van der Waals surface area contributed by atoms with Gasteiger partial charge in [-0.05, 0) is 6.92 Å². The number of imidazole rings is 1. The Morgan fingerprint density at radius 1 is 1.36 bits per heavy atom. The predicted octanol–water partition coefficient (Wildman–Crippen LogP) is 0.274. The van der Waals surface area contributed by atoms with Crippen LogP contribution in [0.1, 0.15) is 5.82 Å². The van der Waals surface area contributed by atoms with Crippen molar-refractivity contribution < 1.29 is 0 Å². The van der Waals surface area contributed by atoms with Crippen molar-refractivity contribution in [2.45, 2.75) is 6.92 Å². The van der Waals surface area contributed by atoms with E-state index in [1.165, 1.54) is 17.0 Å². The molecule has 0 radical (unpaired) electrons. The minimum absolute atomic E-state index is 0.0805. The van der Waals surface area contributed by atoms with Gasteiger partial charge in [0.25, 0.3) is 5.56 Å². The Morgan fingerprint density at radius 2 is 2.14 bits per heavy atom. The summed E-state index contributed by atoms with van der Waals surface area (Å²) in [4.78, 5) is 19.5. The molecule has 0 N–H and O–H groups in total. The summed E-state index contributed by atoms with van der Waals surface area (Å²) in [5.41, 5.74) is -0.0805. The summed E-state index contributed by atoms with van der Waals surface area (Å²) in [6.45, 7) is 1.86. The first-order valence-corrected chi connectivity index (χ1v) is 4.21. The van der Waals surface area contributed by atoms with Gasteiger partial charge in [-0.25, -0.2) is 9.97 Å². The van der Waals surface area contributed by atoms with Gasteiger partial charge in [0.05, 0.1) is 6.33 Å². The largest absolute Gasteiger partial charge is 0.302 e. The molecule has 14 heavy (non-hydrogen) atoms. The highest BCUT2D eigenvalue weighted by atomic mass is 16.1. The third kappa shape index (κ3) is 1.32. The Labute approximate surface area is 80.7 Å². The van der Waals surface area contributed by atoms with Crippen LogP contribution in [-0.2, 0) is 7.05 Å². The SMILES string of the molecule is Cc1nccn1-c1cc(=O)n(C)cn1. The van der Waals surface area contributed by atoms with Crippen LogP contribution in [0.4, 0.5) is 0 Å². The second-order valence-electron chi connectivity index (χ2n) is 3.04. The average Bonchev–Trinajstić information content (AvgIpc) is 2.57. The first-order valence-electron chi connectivity index (χ1n) is 4.21. The Hall–Kier alpha value is -1.91. The van der Waals surface area contributed by atoms with Crippen LogP contribution in [-0.4, -0.2) is 19.1 Å². The minimum atomic E-state index is -0.0805. The molecule has 0 spiro atoms. The first-order chi connectivity index (χ1) is 6.68. The van der Waals surface area contributed by atoms with Gasteiger partial charge in [-0.3, -0.25) is 9.36 Å². The van der Waals surface area contributed by atoms with Crippen molar-refractivity contribution in [3.63, 3.8) is 0 Å². The van der Waals surface area contributed by atoms with Crippen LogP contribution >= 0.6 is 0 Å². The predicted molar refractivity (Wildman–Crippen MR) is 51.3 cm³/mol. The van der Waals surface area contributed by atoms with E-state index in [1.807, 2.05) is 6.92 Å². The number of hydrogen-bond donors (Lipinski definition) is 0. The van der Waals surface area contributed by atoms with Gasteiger partial charge in [-0.1, -0.05) is 0 Å². The van der Waals surface area contributed by atoms with Crippen molar-refractivity contribution in [1.82, 2.24) is 19.1 Å². The van der Waals surface area contributed by atoms with E-state index in [0.717, 1.165) is 5.82 Å². The molecular formula is C9H10N4O. The maximum Gasteiger partial charge on any atom is 0.255 e. The highest BCUT2D eigenvalue weighted by Crippen LogP contribution is 2.03. The number of nitrogens with zero attached hydrogens (tertiary/aromatic N) is 4. The zero-order chi connectivity index (χ0) is 10.1. The highest BCUT2D eigenvalue weighted by molar-refractivity contribution is 5.21. The zero-order valence-corrected chi connectivity index (χ0v) is 8.01. The molecule has 72 valence electrons. The standard InChI is InChI=1S/C9H10N4O/c1-7-10-3-4-13(7)8-5-9(14)12(2)6-11-8/h3-6H,1-2H3. The molecule has 2 aromatic heterocycles. The van der Waals surface area contributed by atoms with E-state index in [-0.39, 0.29) is 5.56 Å². The molecule has 0 aliphatic heterocycles. The highest BCUT2D eigenvalue weighted by Gasteiger charge is 2.02. The van der Waals surface area contributed by atoms with E-state index in [2.05, 4.69) is 9.97 Å². The van der Waals surface area contributed by atoms with Gasteiger partial charge in [0.1, 0.15) is 11.6 Å². The van der Waals surface area contributed by atoms with Crippen molar-refractivity contribution in [3.05, 3.63) is 41.0 Å². The van der Waals surface area contributed by atoms with E-state index < -0.39 is 0 Å². The average molecular weight is 190 g/mol. The molecule has 0 aromatic carbocycles. The Balaban J connectivity index is 2.59. The topological polar surface area (TPSA) is 52.7 Å². The monoisotopic (exact) mass is 190 g/mol. The van der Waals surface area contributed by atoms with Crippen LogP contribution in [0.2, 0.25) is 0 Å². The molecule has 5 heteroatoms. The number of rotatable bonds is 1. The summed E-state index contributed by atoms with van der Waals surface area (Å²) in [6.07, 6.45) is 4.95. The summed E-state index contributed by atoms with van der Waals surface area (Å²) in [7, 11) is 1.67. The first kappa shape index (κ1) is 8.68. The lowest BCUT2D eigenvalue weighted by molar-refractivity contribution is 0.799. The van der Waals surface area contributed by atoms with E-state index in [1.54, 1.807) is 24.0 Å². The second kappa shape index (κ2) is 3.10. The van der Waals surface area contributed by atoms with Crippen LogP contribution < -0.4 is 5.56 Å². The van der Waals surface area contributed by atoms with Gasteiger partial charge in [0, 0.05) is 25.5 Å². The molecule has 0 unspecified atom stereocenters. The molecule has 0 saturated carbocycles. The summed E-state index contributed by atoms with van der Waals surface area (Å²) >= 11 is 0. The molecule has 5 nitrogen and oxygen atoms in total. The molecule has 0 bridgehead atoms. The fourth-order valence-electron chi connectivity index (χ4n) is 1.20. The van der Waals surface area contributed by atoms with E-state index >= 15 is 0 Å². The maximum absolute atomic E-state index is 11.3. The summed E-state index contributed by atoms with van der Waals surface area (Å²) in [5.74, 6) is 1.41. The lowest BCUT2D eigenvalue weighted by Gasteiger charge is -2.03. The molecule has 0 atom stereocenters. The van der Waals surface area contributed by atoms with Crippen LogP contribution in [0.15, 0.2) is 29.6 Å². The van der Waals surface area contributed by atoms with Crippen LogP contribution in [0.3, 0.4) is 0 Å². The second-order valence-corrected chi connectivity index (χ2v) is 3.04. The molecule has 0 aliphatic rings. The number of aromatic nitrogens is 4. The van der Waals surface area contributed by atoms with Gasteiger partial charge in [-0.15, -0.1) is 0 Å². The fourth-order valence-corrected chi connectivity index (χ4v) is 1.20. The fraction of sp³-hybridized carbons (Fsp3) is 0.222. The van der Waals surface area contributed by atoms with Crippen LogP contribution in [0, 0.1) is 6.92 Å². The van der Waals surface area contributed by atoms with E-state index in [9.17, 15) is 4.79 Å². The number of hydrogen-bond acceptors (Lipinski definition) is 3. The Morgan fingerprint density at radius 3 is 2.71 bits per heavy atom. The third-order valence-electron chi connectivity index (χ3n) is 2.04. The van der Waals surface area contributed by atoms with E-state index in [0.29, 0.717) is 5.82 Å². The van der Waals surface area contributed by atoms with Crippen LogP contribution in [0.5, 0.6) is 0 Å². The molecule has 0 fully saturated rings. The molecule has 0 amide bonds. The molecule has 0 saturated heterocycles. The maximum atomic E-state index is 11.3. The van der Waals surface area contributed by atoms with Gasteiger partial charge < -0.3 is 4.57 Å². The quantitative estimate of drug-likeness (QED) is 0.648. The lowest BCUT2D eigenvalue weighted by atomic mass is 10.5. The zero-order valence-electron chi connectivity index (χ0n) is 8.01. The summed E-state index contributed by atoms with van der Waals surface area (Å²) < 4.78 is 3.19. The van der Waals surface area contributed by atoms with Gasteiger partial charge >= 0.3 is 0 Å². The number of aryl methyl sites for hydroxylation is 2. The minimum Gasteiger partial charge on any atom is -0.302 e. The third-order valence-corrected chi connectivity index (χ3v) is 2.04. The Bertz CT molecular complexity index is 512. The molecule has 0 aliphatic carbocycles. The van der Waals surface area contributed by atoms with Crippen molar-refractivity contribution >= 4 is 0 Å². The van der Waals surface area contributed by atoms with E-state index in [4.69, 9.17) is 0 Å². The van der Waals surface area contributed by atoms with Crippen molar-refractivity contribution in [2.75, 3.05) is 0 Å². The van der Waals surface area contributed by atoms with Crippen molar-refractivity contribution in [3.8, 4) is 5.82 Å². The van der Waals surface area contributed by atoms with Crippen molar-refractivity contribution in [2.24, 2.45) is 7.05 Å². The molecule has 2 heterocycles. The molecule has 2 rings (SSSR count). The molecule has 2 aromatic rings.